The Labute approximate surface area is 139 Å². The molecule has 1 N–H and O–H groups in total. The predicted octanol–water partition coefficient (Wildman–Crippen LogP) is 5.87. The van der Waals surface area contributed by atoms with Gasteiger partial charge in [0.1, 0.15) is 0 Å². The van der Waals surface area contributed by atoms with Crippen molar-refractivity contribution in [2.24, 2.45) is 0 Å². The molecular formula is C21H26O2. The van der Waals surface area contributed by atoms with Crippen molar-refractivity contribution < 1.29 is 9.90 Å². The van der Waals surface area contributed by atoms with Crippen LogP contribution in [0, 0.1) is 6.92 Å². The number of aromatic carboxylic acids is 1. The predicted molar refractivity (Wildman–Crippen MR) is 96.0 cm³/mol. The van der Waals surface area contributed by atoms with E-state index < -0.39 is 5.97 Å². The fourth-order valence-corrected chi connectivity index (χ4v) is 2.88. The third-order valence-corrected chi connectivity index (χ3v) is 4.31. The Morgan fingerprint density at radius 1 is 0.913 bits per heavy atom. The van der Waals surface area contributed by atoms with Crippen LogP contribution in [0.4, 0.5) is 0 Å². The van der Waals surface area contributed by atoms with Crippen LogP contribution in [0.5, 0.6) is 0 Å². The fraction of sp³-hybridized carbons (Fsp3) is 0.381. The van der Waals surface area contributed by atoms with E-state index in [2.05, 4.69) is 31.2 Å². The molecule has 0 aliphatic heterocycles. The standard InChI is InChI=1S/C21H26O2/c1-3-4-5-6-7-8-17-9-11-18(12-10-17)19-13-14-20(21(22)23)16(2)15-19/h9-15H,3-8H2,1-2H3,(H,22,23). The molecule has 0 heterocycles. The molecule has 0 atom stereocenters. The van der Waals surface area contributed by atoms with E-state index in [1.165, 1.54) is 37.7 Å². The maximum Gasteiger partial charge on any atom is 0.335 e. The van der Waals surface area contributed by atoms with Gasteiger partial charge >= 0.3 is 5.97 Å². The van der Waals surface area contributed by atoms with Crippen molar-refractivity contribution in [3.05, 3.63) is 59.2 Å². The molecule has 2 aromatic rings. The molecular weight excluding hydrogens is 284 g/mol. The molecule has 0 aromatic heterocycles. The van der Waals surface area contributed by atoms with Crippen molar-refractivity contribution in [2.75, 3.05) is 0 Å². The van der Waals surface area contributed by atoms with Crippen LogP contribution in [0.15, 0.2) is 42.5 Å². The SMILES string of the molecule is CCCCCCCc1ccc(-c2ccc(C(=O)O)c(C)c2)cc1. The summed E-state index contributed by atoms with van der Waals surface area (Å²) in [5.74, 6) is -0.868. The maximum absolute atomic E-state index is 11.1. The van der Waals surface area contributed by atoms with Gasteiger partial charge in [-0.2, -0.15) is 0 Å². The first-order chi connectivity index (χ1) is 11.1. The molecule has 0 aliphatic rings. The minimum atomic E-state index is -0.868. The van der Waals surface area contributed by atoms with E-state index in [0.29, 0.717) is 5.56 Å². The van der Waals surface area contributed by atoms with Crippen LogP contribution < -0.4 is 0 Å². The molecule has 2 aromatic carbocycles. The highest BCUT2D eigenvalue weighted by atomic mass is 16.4. The van der Waals surface area contributed by atoms with E-state index in [-0.39, 0.29) is 0 Å². The molecule has 2 rings (SSSR count). The maximum atomic E-state index is 11.1. The van der Waals surface area contributed by atoms with Gasteiger partial charge in [-0.25, -0.2) is 4.79 Å². The molecule has 0 saturated heterocycles. The van der Waals surface area contributed by atoms with Crippen molar-refractivity contribution in [1.82, 2.24) is 0 Å². The van der Waals surface area contributed by atoms with Gasteiger partial charge < -0.3 is 5.11 Å². The fourth-order valence-electron chi connectivity index (χ4n) is 2.88. The molecule has 2 heteroatoms. The van der Waals surface area contributed by atoms with Gasteiger partial charge in [0.05, 0.1) is 5.56 Å². The Morgan fingerprint density at radius 2 is 1.57 bits per heavy atom. The van der Waals surface area contributed by atoms with Gasteiger partial charge in [-0.05, 0) is 48.1 Å². The molecule has 2 nitrogen and oxygen atoms in total. The van der Waals surface area contributed by atoms with Crippen LogP contribution >= 0.6 is 0 Å². The molecule has 0 fully saturated rings. The third kappa shape index (κ3) is 4.95. The van der Waals surface area contributed by atoms with Crippen molar-refractivity contribution in [2.45, 2.75) is 52.4 Å². The monoisotopic (exact) mass is 310 g/mol. The van der Waals surface area contributed by atoms with Crippen LogP contribution in [-0.4, -0.2) is 11.1 Å². The molecule has 0 amide bonds. The number of unbranched alkanes of at least 4 members (excludes halogenated alkanes) is 4. The van der Waals surface area contributed by atoms with E-state index in [1.54, 1.807) is 6.07 Å². The summed E-state index contributed by atoms with van der Waals surface area (Å²) >= 11 is 0. The normalized spacial score (nSPS) is 10.7. The number of carboxylic acid groups (broad SMARTS) is 1. The number of carboxylic acids is 1. The molecule has 0 bridgehead atoms. The summed E-state index contributed by atoms with van der Waals surface area (Å²) in [5.41, 5.74) is 4.76. The van der Waals surface area contributed by atoms with Gasteiger partial charge in [0.25, 0.3) is 0 Å². The zero-order valence-corrected chi connectivity index (χ0v) is 14.1. The van der Waals surface area contributed by atoms with Crippen molar-refractivity contribution in [3.8, 4) is 11.1 Å². The highest BCUT2D eigenvalue weighted by Gasteiger charge is 2.08. The minimum absolute atomic E-state index is 0.373. The zero-order chi connectivity index (χ0) is 16.7. The second-order valence-electron chi connectivity index (χ2n) is 6.20. The topological polar surface area (TPSA) is 37.3 Å². The molecule has 0 unspecified atom stereocenters. The van der Waals surface area contributed by atoms with Gasteiger partial charge in [0.2, 0.25) is 0 Å². The van der Waals surface area contributed by atoms with Gasteiger partial charge in [-0.1, -0.05) is 69.0 Å². The Morgan fingerprint density at radius 3 is 2.17 bits per heavy atom. The lowest BCUT2D eigenvalue weighted by Gasteiger charge is -2.07. The Balaban J connectivity index is 1.99. The van der Waals surface area contributed by atoms with E-state index in [9.17, 15) is 4.79 Å². The van der Waals surface area contributed by atoms with Crippen molar-refractivity contribution >= 4 is 5.97 Å². The number of carbonyl (C=O) groups is 1. The van der Waals surface area contributed by atoms with E-state index >= 15 is 0 Å². The van der Waals surface area contributed by atoms with E-state index in [0.717, 1.165) is 23.1 Å². The molecule has 0 aliphatic carbocycles. The Kier molecular flexibility index (Phi) is 6.40. The van der Waals surface area contributed by atoms with Gasteiger partial charge in [0.15, 0.2) is 0 Å². The van der Waals surface area contributed by atoms with Crippen LogP contribution in [0.1, 0.15) is 60.5 Å². The molecule has 122 valence electrons. The molecule has 23 heavy (non-hydrogen) atoms. The summed E-state index contributed by atoms with van der Waals surface area (Å²) in [6.45, 7) is 4.08. The first-order valence-corrected chi connectivity index (χ1v) is 8.55. The number of hydrogen-bond acceptors (Lipinski definition) is 1. The summed E-state index contributed by atoms with van der Waals surface area (Å²) < 4.78 is 0. The average molecular weight is 310 g/mol. The van der Waals surface area contributed by atoms with Crippen molar-refractivity contribution in [1.29, 1.82) is 0 Å². The van der Waals surface area contributed by atoms with E-state index in [1.807, 2.05) is 19.1 Å². The third-order valence-electron chi connectivity index (χ3n) is 4.31. The lowest BCUT2D eigenvalue weighted by Crippen LogP contribution is -1.99. The highest BCUT2D eigenvalue weighted by Crippen LogP contribution is 2.23. The summed E-state index contributed by atoms with van der Waals surface area (Å²) in [5, 5.41) is 9.10. The van der Waals surface area contributed by atoms with E-state index in [4.69, 9.17) is 5.11 Å². The van der Waals surface area contributed by atoms with Crippen molar-refractivity contribution in [3.63, 3.8) is 0 Å². The Hall–Kier alpha value is -2.09. The van der Waals surface area contributed by atoms with Crippen LogP contribution in [0.3, 0.4) is 0 Å². The van der Waals surface area contributed by atoms with Gasteiger partial charge in [-0.3, -0.25) is 0 Å². The second-order valence-corrected chi connectivity index (χ2v) is 6.20. The molecule has 0 radical (unpaired) electrons. The number of hydrogen-bond donors (Lipinski definition) is 1. The average Bonchev–Trinajstić information content (AvgIpc) is 2.55. The first kappa shape index (κ1) is 17.3. The summed E-state index contributed by atoms with van der Waals surface area (Å²) in [6.07, 6.45) is 7.67. The van der Waals surface area contributed by atoms with Crippen LogP contribution in [-0.2, 0) is 6.42 Å². The summed E-state index contributed by atoms with van der Waals surface area (Å²) in [6, 6.07) is 14.2. The summed E-state index contributed by atoms with van der Waals surface area (Å²) in [4.78, 5) is 11.1. The minimum Gasteiger partial charge on any atom is -0.478 e. The Bertz CT molecular complexity index is 641. The smallest absolute Gasteiger partial charge is 0.335 e. The van der Waals surface area contributed by atoms with Gasteiger partial charge in [-0.15, -0.1) is 0 Å². The largest absolute Gasteiger partial charge is 0.478 e. The first-order valence-electron chi connectivity index (χ1n) is 8.55. The quantitative estimate of drug-likeness (QED) is 0.619. The highest BCUT2D eigenvalue weighted by molar-refractivity contribution is 5.90. The van der Waals surface area contributed by atoms with Crippen LogP contribution in [0.25, 0.3) is 11.1 Å². The lowest BCUT2D eigenvalue weighted by molar-refractivity contribution is 0.0696. The van der Waals surface area contributed by atoms with Gasteiger partial charge in [0, 0.05) is 0 Å². The number of aryl methyl sites for hydroxylation is 2. The van der Waals surface area contributed by atoms with Crippen LogP contribution in [0.2, 0.25) is 0 Å². The molecule has 0 spiro atoms. The molecule has 0 saturated carbocycles. The zero-order valence-electron chi connectivity index (χ0n) is 14.1. The second kappa shape index (κ2) is 8.52. The lowest BCUT2D eigenvalue weighted by atomic mass is 9.98. The summed E-state index contributed by atoms with van der Waals surface area (Å²) in [7, 11) is 0. The number of benzene rings is 2. The number of rotatable bonds is 8.